The van der Waals surface area contributed by atoms with Crippen LogP contribution in [-0.4, -0.2) is 50.1 Å². The first-order valence-electron chi connectivity index (χ1n) is 11.3. The van der Waals surface area contributed by atoms with Crippen LogP contribution in [0.25, 0.3) is 0 Å². The highest BCUT2D eigenvalue weighted by atomic mass is 16.5. The van der Waals surface area contributed by atoms with Gasteiger partial charge in [0.15, 0.2) is 13.2 Å². The first-order valence-corrected chi connectivity index (χ1v) is 11.3. The maximum absolute atomic E-state index is 11.9. The molecular formula is C26H32N2O6. The van der Waals surface area contributed by atoms with Gasteiger partial charge in [-0.3, -0.25) is 19.2 Å². The molecule has 0 aliphatic heterocycles. The number of ether oxygens (including phenoxy) is 2. The van der Waals surface area contributed by atoms with Gasteiger partial charge in [0.2, 0.25) is 0 Å². The maximum Gasteiger partial charge on any atom is 0.306 e. The summed E-state index contributed by atoms with van der Waals surface area (Å²) in [7, 11) is 0. The summed E-state index contributed by atoms with van der Waals surface area (Å²) in [5.41, 5.74) is 2.05. The molecule has 0 bridgehead atoms. The Kier molecular flexibility index (Phi) is 11.3. The van der Waals surface area contributed by atoms with Gasteiger partial charge in [0.05, 0.1) is 12.8 Å². The summed E-state index contributed by atoms with van der Waals surface area (Å²) in [6, 6.07) is 19.2. The van der Waals surface area contributed by atoms with E-state index in [1.54, 1.807) is 0 Å². The lowest BCUT2D eigenvalue weighted by Gasteiger charge is -2.12. The molecule has 0 heterocycles. The molecule has 2 amide bonds. The van der Waals surface area contributed by atoms with Gasteiger partial charge < -0.3 is 20.1 Å². The minimum absolute atomic E-state index is 0.0115. The number of nitrogens with one attached hydrogen (secondary N) is 2. The molecule has 2 N–H and O–H groups in total. The Labute approximate surface area is 200 Å². The van der Waals surface area contributed by atoms with E-state index in [1.807, 2.05) is 74.5 Å². The summed E-state index contributed by atoms with van der Waals surface area (Å²) in [6.45, 7) is 3.38. The average Bonchev–Trinajstić information content (AvgIpc) is 2.85. The Morgan fingerprint density at radius 2 is 1.00 bits per heavy atom. The van der Waals surface area contributed by atoms with Crippen molar-refractivity contribution in [2.45, 2.75) is 38.5 Å². The summed E-state index contributed by atoms with van der Waals surface area (Å²) in [4.78, 5) is 47.5. The highest BCUT2D eigenvalue weighted by Gasteiger charge is 2.15. The Morgan fingerprint density at radius 1 is 0.647 bits per heavy atom. The lowest BCUT2D eigenvalue weighted by atomic mass is 9.98. The van der Waals surface area contributed by atoms with Crippen molar-refractivity contribution in [3.05, 3.63) is 71.8 Å². The van der Waals surface area contributed by atoms with E-state index in [0.717, 1.165) is 11.1 Å². The van der Waals surface area contributed by atoms with Gasteiger partial charge in [0, 0.05) is 13.1 Å². The maximum atomic E-state index is 11.9. The largest absolute Gasteiger partial charge is 0.456 e. The van der Waals surface area contributed by atoms with Crippen molar-refractivity contribution in [1.82, 2.24) is 10.6 Å². The van der Waals surface area contributed by atoms with Gasteiger partial charge in [0.25, 0.3) is 11.8 Å². The van der Waals surface area contributed by atoms with Crippen LogP contribution in [-0.2, 0) is 28.7 Å². The molecule has 0 spiro atoms. The number of amides is 2. The molecule has 182 valence electrons. The predicted molar refractivity (Wildman–Crippen MR) is 127 cm³/mol. The molecule has 0 unspecified atom stereocenters. The third-order valence-electron chi connectivity index (χ3n) is 5.18. The van der Waals surface area contributed by atoms with Crippen LogP contribution in [0.4, 0.5) is 0 Å². The molecule has 0 aliphatic carbocycles. The number of esters is 2. The third-order valence-corrected chi connectivity index (χ3v) is 5.18. The number of carbonyl (C=O) groups is 4. The van der Waals surface area contributed by atoms with E-state index in [0.29, 0.717) is 0 Å². The highest BCUT2D eigenvalue weighted by molar-refractivity contribution is 5.81. The Balaban J connectivity index is 1.52. The molecule has 0 saturated carbocycles. The molecule has 0 aromatic heterocycles. The van der Waals surface area contributed by atoms with Gasteiger partial charge in [0.1, 0.15) is 0 Å². The zero-order chi connectivity index (χ0) is 24.8. The first-order chi connectivity index (χ1) is 16.3. The quantitative estimate of drug-likeness (QED) is 0.345. The Bertz CT molecular complexity index is 855. The van der Waals surface area contributed by atoms with Crippen LogP contribution in [0, 0.1) is 0 Å². The van der Waals surface area contributed by atoms with Crippen molar-refractivity contribution in [2.75, 3.05) is 26.3 Å². The van der Waals surface area contributed by atoms with Crippen LogP contribution in [0.2, 0.25) is 0 Å². The van der Waals surface area contributed by atoms with Crippen molar-refractivity contribution in [3.8, 4) is 0 Å². The van der Waals surface area contributed by atoms with Crippen LogP contribution in [0.1, 0.15) is 49.7 Å². The fourth-order valence-electron chi connectivity index (χ4n) is 3.21. The second-order valence-corrected chi connectivity index (χ2v) is 8.05. The van der Waals surface area contributed by atoms with E-state index in [-0.39, 0.29) is 51.0 Å². The van der Waals surface area contributed by atoms with E-state index in [4.69, 9.17) is 9.47 Å². The summed E-state index contributed by atoms with van der Waals surface area (Å²) in [5, 5.41) is 5.10. The third kappa shape index (κ3) is 10.3. The second kappa shape index (κ2) is 14.5. The predicted octanol–water partition coefficient (Wildman–Crippen LogP) is 2.69. The van der Waals surface area contributed by atoms with Gasteiger partial charge in [-0.25, -0.2) is 0 Å². The molecule has 2 aromatic rings. The lowest BCUT2D eigenvalue weighted by Crippen LogP contribution is -2.38. The lowest BCUT2D eigenvalue weighted by molar-refractivity contribution is -0.149. The van der Waals surface area contributed by atoms with E-state index >= 15 is 0 Å². The fourth-order valence-corrected chi connectivity index (χ4v) is 3.21. The summed E-state index contributed by atoms with van der Waals surface area (Å²) in [5.74, 6) is -1.86. The van der Waals surface area contributed by atoms with Gasteiger partial charge in [-0.1, -0.05) is 74.5 Å². The smallest absolute Gasteiger partial charge is 0.306 e. The monoisotopic (exact) mass is 468 g/mol. The molecule has 0 radical (unpaired) electrons. The van der Waals surface area contributed by atoms with Crippen molar-refractivity contribution in [3.63, 3.8) is 0 Å². The van der Waals surface area contributed by atoms with E-state index in [9.17, 15) is 19.2 Å². The minimum atomic E-state index is -0.462. The van der Waals surface area contributed by atoms with Gasteiger partial charge in [-0.15, -0.1) is 0 Å². The molecule has 8 heteroatoms. The van der Waals surface area contributed by atoms with Gasteiger partial charge in [-0.05, 0) is 23.0 Å². The Morgan fingerprint density at radius 3 is 1.35 bits per heavy atom. The number of hydrogen-bond acceptors (Lipinski definition) is 6. The van der Waals surface area contributed by atoms with Crippen molar-refractivity contribution in [1.29, 1.82) is 0 Å². The highest BCUT2D eigenvalue weighted by Crippen LogP contribution is 2.19. The second-order valence-electron chi connectivity index (χ2n) is 8.05. The normalized spacial score (nSPS) is 12.2. The number of carbonyl (C=O) groups excluding carboxylic acids is 4. The first kappa shape index (κ1) is 26.6. The van der Waals surface area contributed by atoms with E-state index in [2.05, 4.69) is 10.6 Å². The zero-order valence-electron chi connectivity index (χ0n) is 19.6. The molecule has 2 aromatic carbocycles. The van der Waals surface area contributed by atoms with Crippen molar-refractivity contribution < 1.29 is 28.7 Å². The van der Waals surface area contributed by atoms with Crippen molar-refractivity contribution in [2.24, 2.45) is 0 Å². The topological polar surface area (TPSA) is 111 Å². The molecule has 8 nitrogen and oxygen atoms in total. The number of benzene rings is 2. The average molecular weight is 469 g/mol. The zero-order valence-corrected chi connectivity index (χ0v) is 19.6. The summed E-state index contributed by atoms with van der Waals surface area (Å²) in [6.07, 6.45) is 0.354. The van der Waals surface area contributed by atoms with Crippen LogP contribution in [0.3, 0.4) is 0 Å². The number of hydrogen-bond donors (Lipinski definition) is 2. The van der Waals surface area contributed by atoms with E-state index in [1.165, 1.54) is 0 Å². The van der Waals surface area contributed by atoms with Crippen LogP contribution in [0.5, 0.6) is 0 Å². The van der Waals surface area contributed by atoms with Crippen LogP contribution >= 0.6 is 0 Å². The molecule has 0 saturated heterocycles. The van der Waals surface area contributed by atoms with E-state index < -0.39 is 23.8 Å². The Hall–Kier alpha value is -3.68. The van der Waals surface area contributed by atoms with Crippen molar-refractivity contribution >= 4 is 23.8 Å². The molecule has 0 aliphatic rings. The van der Waals surface area contributed by atoms with Crippen LogP contribution < -0.4 is 10.6 Å². The molecule has 34 heavy (non-hydrogen) atoms. The summed E-state index contributed by atoms with van der Waals surface area (Å²) < 4.78 is 10.0. The minimum Gasteiger partial charge on any atom is -0.456 e. The molecule has 0 fully saturated rings. The van der Waals surface area contributed by atoms with Crippen LogP contribution in [0.15, 0.2) is 60.7 Å². The molecular weight excluding hydrogens is 436 g/mol. The van der Waals surface area contributed by atoms with Gasteiger partial charge >= 0.3 is 11.9 Å². The molecule has 2 atom stereocenters. The molecule has 2 rings (SSSR count). The summed E-state index contributed by atoms with van der Waals surface area (Å²) >= 11 is 0. The SMILES string of the molecule is C[C@@H](CC(=O)OCC(=O)NCCNC(=O)COC(=O)C[C@H](C)c1ccccc1)c1ccccc1. The standard InChI is InChI=1S/C26H32N2O6/c1-19(21-9-5-3-6-10-21)15-25(31)33-17-23(29)27-13-14-28-24(30)18-34-26(32)16-20(2)22-11-7-4-8-12-22/h3-12,19-20H,13-18H2,1-2H3,(H,27,29)(H,28,30)/t19-,20-/m0/s1. The number of rotatable bonds is 13. The van der Waals surface area contributed by atoms with Gasteiger partial charge in [-0.2, -0.15) is 0 Å². The fraction of sp³-hybridized carbons (Fsp3) is 0.385.